The van der Waals surface area contributed by atoms with E-state index in [-0.39, 0.29) is 23.7 Å². The van der Waals surface area contributed by atoms with Crippen LogP contribution in [0.4, 0.5) is 30.6 Å². The molecule has 148 valence electrons. The van der Waals surface area contributed by atoms with Gasteiger partial charge in [-0.3, -0.25) is 4.68 Å². The van der Waals surface area contributed by atoms with E-state index in [1.807, 2.05) is 10.9 Å². The molecule has 0 saturated heterocycles. The molecule has 2 aliphatic rings. The van der Waals surface area contributed by atoms with Crippen LogP contribution in [0.1, 0.15) is 55.3 Å². The molecular weight excluding hydrogens is 371 g/mol. The van der Waals surface area contributed by atoms with E-state index in [1.165, 1.54) is 7.05 Å². The minimum absolute atomic E-state index is 0.0476. The van der Waals surface area contributed by atoms with E-state index in [0.717, 1.165) is 44.0 Å². The average molecular weight is 391 g/mol. The van der Waals surface area contributed by atoms with Crippen molar-refractivity contribution in [3.8, 4) is 6.07 Å². The first kappa shape index (κ1) is 18.5. The van der Waals surface area contributed by atoms with Crippen molar-refractivity contribution in [1.82, 2.24) is 19.7 Å². The van der Waals surface area contributed by atoms with Gasteiger partial charge >= 0.3 is 6.18 Å². The van der Waals surface area contributed by atoms with Gasteiger partial charge in [0.2, 0.25) is 5.95 Å². The molecule has 2 N–H and O–H groups in total. The molecule has 2 heterocycles. The number of anilines is 3. The van der Waals surface area contributed by atoms with E-state index in [9.17, 15) is 13.2 Å². The molecule has 2 fully saturated rings. The van der Waals surface area contributed by atoms with Gasteiger partial charge in [0.05, 0.1) is 23.5 Å². The molecule has 2 aromatic heterocycles. The number of nitrogens with zero attached hydrogens (tertiary/aromatic N) is 5. The van der Waals surface area contributed by atoms with Gasteiger partial charge in [-0.25, -0.2) is 4.98 Å². The average Bonchev–Trinajstić information content (AvgIpc) is 3.24. The molecule has 0 amide bonds. The summed E-state index contributed by atoms with van der Waals surface area (Å²) >= 11 is 0. The zero-order valence-corrected chi connectivity index (χ0v) is 15.3. The van der Waals surface area contributed by atoms with Crippen LogP contribution in [-0.2, 0) is 6.18 Å². The molecule has 28 heavy (non-hydrogen) atoms. The second-order valence-corrected chi connectivity index (χ2v) is 7.30. The Labute approximate surface area is 160 Å². The van der Waals surface area contributed by atoms with Crippen molar-refractivity contribution in [3.05, 3.63) is 23.7 Å². The van der Waals surface area contributed by atoms with Gasteiger partial charge in [0.25, 0.3) is 0 Å². The van der Waals surface area contributed by atoms with Gasteiger partial charge in [0.1, 0.15) is 11.4 Å². The second kappa shape index (κ2) is 6.96. The molecule has 0 spiro atoms. The topological polar surface area (TPSA) is 91.5 Å². The first-order valence-corrected chi connectivity index (χ1v) is 9.26. The summed E-state index contributed by atoms with van der Waals surface area (Å²) in [5.74, 6) is 0.194. The Bertz CT molecular complexity index is 911. The van der Waals surface area contributed by atoms with E-state index in [1.54, 1.807) is 0 Å². The van der Waals surface area contributed by atoms with Crippen LogP contribution in [0.3, 0.4) is 0 Å². The highest BCUT2D eigenvalue weighted by Gasteiger charge is 2.36. The first-order valence-electron chi connectivity index (χ1n) is 9.26. The molecule has 2 saturated carbocycles. The molecule has 4 rings (SSSR count). The summed E-state index contributed by atoms with van der Waals surface area (Å²) in [6, 6.07) is 2.48. The minimum atomic E-state index is -4.53. The highest BCUT2D eigenvalue weighted by molar-refractivity contribution is 5.59. The summed E-state index contributed by atoms with van der Waals surface area (Å²) in [7, 11) is 1.39. The van der Waals surface area contributed by atoms with E-state index >= 15 is 0 Å². The van der Waals surface area contributed by atoms with Crippen molar-refractivity contribution in [1.29, 1.82) is 5.26 Å². The van der Waals surface area contributed by atoms with Crippen molar-refractivity contribution >= 4 is 17.5 Å². The molecule has 7 nitrogen and oxygen atoms in total. The Morgan fingerprint density at radius 1 is 1.25 bits per heavy atom. The van der Waals surface area contributed by atoms with Gasteiger partial charge in [-0.1, -0.05) is 0 Å². The maximum Gasteiger partial charge on any atom is 0.421 e. The molecule has 2 aromatic rings. The summed E-state index contributed by atoms with van der Waals surface area (Å²) in [4.78, 5) is 7.81. The molecule has 2 atom stereocenters. The molecule has 0 aromatic carbocycles. The molecule has 1 unspecified atom stereocenters. The fourth-order valence-corrected chi connectivity index (χ4v) is 3.62. The third-order valence-electron chi connectivity index (χ3n) is 5.26. The van der Waals surface area contributed by atoms with E-state index in [2.05, 4.69) is 26.7 Å². The zero-order valence-electron chi connectivity index (χ0n) is 15.3. The van der Waals surface area contributed by atoms with Crippen LogP contribution in [0.2, 0.25) is 0 Å². The lowest BCUT2D eigenvalue weighted by Gasteiger charge is -2.12. The SMILES string of the molecule is CNc1nc(Nc2cn(C3CC[C@H](C#N)C3)nc2C2CC2)ncc1C(F)(F)F. The highest BCUT2D eigenvalue weighted by Crippen LogP contribution is 2.44. The normalized spacial score (nSPS) is 22.1. The number of alkyl halides is 3. The lowest BCUT2D eigenvalue weighted by molar-refractivity contribution is -0.137. The maximum atomic E-state index is 13.0. The third-order valence-corrected chi connectivity index (χ3v) is 5.26. The molecular formula is C18H20F3N7. The van der Waals surface area contributed by atoms with Gasteiger partial charge in [0, 0.05) is 31.3 Å². The van der Waals surface area contributed by atoms with Gasteiger partial charge < -0.3 is 10.6 Å². The zero-order chi connectivity index (χ0) is 19.9. The molecule has 0 radical (unpaired) electrons. The number of hydrogen-bond donors (Lipinski definition) is 2. The Hall–Kier alpha value is -2.83. The number of rotatable bonds is 5. The number of nitrogens with one attached hydrogen (secondary N) is 2. The molecule has 0 bridgehead atoms. The monoisotopic (exact) mass is 391 g/mol. The Balaban J connectivity index is 1.60. The van der Waals surface area contributed by atoms with Crippen LogP contribution >= 0.6 is 0 Å². The molecule has 2 aliphatic carbocycles. The van der Waals surface area contributed by atoms with E-state index in [4.69, 9.17) is 10.4 Å². The molecule has 0 aliphatic heterocycles. The lowest BCUT2D eigenvalue weighted by Crippen LogP contribution is -2.12. The van der Waals surface area contributed by atoms with Gasteiger partial charge in [-0.05, 0) is 32.1 Å². The van der Waals surface area contributed by atoms with E-state index in [0.29, 0.717) is 11.6 Å². The third kappa shape index (κ3) is 3.61. The van der Waals surface area contributed by atoms with Crippen LogP contribution in [0, 0.1) is 17.2 Å². The van der Waals surface area contributed by atoms with Crippen molar-refractivity contribution < 1.29 is 13.2 Å². The quantitative estimate of drug-likeness (QED) is 0.793. The van der Waals surface area contributed by atoms with Crippen molar-refractivity contribution in [2.45, 2.75) is 50.2 Å². The van der Waals surface area contributed by atoms with Crippen LogP contribution in [0.15, 0.2) is 12.4 Å². The van der Waals surface area contributed by atoms with Crippen LogP contribution < -0.4 is 10.6 Å². The number of nitriles is 1. The van der Waals surface area contributed by atoms with Crippen molar-refractivity contribution in [3.63, 3.8) is 0 Å². The summed E-state index contributed by atoms with van der Waals surface area (Å²) < 4.78 is 41.0. The largest absolute Gasteiger partial charge is 0.421 e. The highest BCUT2D eigenvalue weighted by atomic mass is 19.4. The smallest absolute Gasteiger partial charge is 0.372 e. The van der Waals surface area contributed by atoms with Crippen LogP contribution in [-0.4, -0.2) is 26.8 Å². The number of aromatic nitrogens is 4. The fraction of sp³-hybridized carbons (Fsp3) is 0.556. The maximum absolute atomic E-state index is 13.0. The second-order valence-electron chi connectivity index (χ2n) is 7.30. The fourth-order valence-electron chi connectivity index (χ4n) is 3.62. The minimum Gasteiger partial charge on any atom is -0.372 e. The number of halogens is 3. The van der Waals surface area contributed by atoms with Gasteiger partial charge in [-0.15, -0.1) is 0 Å². The van der Waals surface area contributed by atoms with Gasteiger partial charge in [-0.2, -0.15) is 28.5 Å². The summed E-state index contributed by atoms with van der Waals surface area (Å²) in [5.41, 5.74) is 0.687. The Morgan fingerprint density at radius 3 is 2.64 bits per heavy atom. The van der Waals surface area contributed by atoms with E-state index < -0.39 is 11.7 Å². The summed E-state index contributed by atoms with van der Waals surface area (Å²) in [5, 5.41) is 19.3. The predicted octanol–water partition coefficient (Wildman–Crippen LogP) is 4.22. The van der Waals surface area contributed by atoms with Gasteiger partial charge in [0.15, 0.2) is 0 Å². The first-order chi connectivity index (χ1) is 13.4. The number of hydrogen-bond acceptors (Lipinski definition) is 6. The van der Waals surface area contributed by atoms with Crippen molar-refractivity contribution in [2.75, 3.05) is 17.7 Å². The lowest BCUT2D eigenvalue weighted by atomic mass is 10.1. The van der Waals surface area contributed by atoms with Crippen LogP contribution in [0.25, 0.3) is 0 Å². The van der Waals surface area contributed by atoms with Crippen molar-refractivity contribution in [2.24, 2.45) is 5.92 Å². The Kier molecular flexibility index (Phi) is 4.61. The summed E-state index contributed by atoms with van der Waals surface area (Å²) in [6.45, 7) is 0. The standard InChI is InChI=1S/C18H20F3N7/c1-23-16-13(18(19,20)21)8-24-17(26-16)25-14-9-28(27-15(14)11-3-4-11)12-5-2-10(6-12)7-22/h8-12H,2-6H2,1H3,(H2,23,24,25,26)/t10-,12?/m0/s1. The summed E-state index contributed by atoms with van der Waals surface area (Å²) in [6.07, 6.45) is 2.69. The predicted molar refractivity (Wildman–Crippen MR) is 96.1 cm³/mol. The molecule has 10 heteroatoms. The Morgan fingerprint density at radius 2 is 2.04 bits per heavy atom. The van der Waals surface area contributed by atoms with Crippen LogP contribution in [0.5, 0.6) is 0 Å².